The van der Waals surface area contributed by atoms with E-state index in [2.05, 4.69) is 0 Å². The second kappa shape index (κ2) is 5.21. The fourth-order valence-electron chi connectivity index (χ4n) is 2.62. The molecule has 6 heteroatoms. The van der Waals surface area contributed by atoms with Crippen molar-refractivity contribution in [3.8, 4) is 0 Å². The first-order valence-electron chi connectivity index (χ1n) is 7.06. The molecule has 1 amide bonds. The van der Waals surface area contributed by atoms with E-state index in [0.29, 0.717) is 29.4 Å². The molecule has 22 heavy (non-hydrogen) atoms. The highest BCUT2D eigenvalue weighted by molar-refractivity contribution is 7.99. The van der Waals surface area contributed by atoms with Gasteiger partial charge in [0.15, 0.2) is 5.76 Å². The predicted molar refractivity (Wildman–Crippen MR) is 85.5 cm³/mol. The minimum atomic E-state index is -0.185. The molecule has 0 atom stereocenters. The van der Waals surface area contributed by atoms with Gasteiger partial charge in [-0.3, -0.25) is 9.59 Å². The first kappa shape index (κ1) is 13.5. The van der Waals surface area contributed by atoms with Gasteiger partial charge in [0, 0.05) is 30.7 Å². The number of nitrogens with zero attached hydrogens (tertiary/aromatic N) is 1. The van der Waals surface area contributed by atoms with Crippen LogP contribution in [-0.4, -0.2) is 35.4 Å². The third-order valence-corrected chi connectivity index (χ3v) is 4.73. The summed E-state index contributed by atoms with van der Waals surface area (Å²) in [5.74, 6) is 1.94. The Morgan fingerprint density at radius 2 is 1.86 bits per heavy atom. The molecule has 1 aromatic carbocycles. The molecule has 2 aromatic heterocycles. The highest BCUT2D eigenvalue weighted by Crippen LogP contribution is 2.23. The van der Waals surface area contributed by atoms with E-state index < -0.39 is 0 Å². The van der Waals surface area contributed by atoms with Crippen LogP contribution in [0.3, 0.4) is 0 Å². The van der Waals surface area contributed by atoms with Gasteiger partial charge in [-0.1, -0.05) is 12.1 Å². The maximum absolute atomic E-state index is 12.5. The number of carbonyl (C=O) groups is 1. The SMILES string of the molecule is O=C(c1cc2c(=O)c3ccccc3oc2o1)N1CCSCC1. The second-order valence-corrected chi connectivity index (χ2v) is 6.37. The molecule has 3 aromatic rings. The largest absolute Gasteiger partial charge is 0.425 e. The van der Waals surface area contributed by atoms with Gasteiger partial charge >= 0.3 is 5.78 Å². The van der Waals surface area contributed by atoms with Crippen molar-refractivity contribution in [2.24, 2.45) is 0 Å². The molecule has 1 saturated heterocycles. The quantitative estimate of drug-likeness (QED) is 0.691. The molecular weight excluding hydrogens is 302 g/mol. The highest BCUT2D eigenvalue weighted by atomic mass is 32.2. The van der Waals surface area contributed by atoms with Crippen molar-refractivity contribution in [1.82, 2.24) is 4.90 Å². The summed E-state index contributed by atoms with van der Waals surface area (Å²) in [5.41, 5.74) is 0.288. The Morgan fingerprint density at radius 3 is 2.68 bits per heavy atom. The highest BCUT2D eigenvalue weighted by Gasteiger charge is 2.23. The van der Waals surface area contributed by atoms with Gasteiger partial charge in [-0.25, -0.2) is 0 Å². The Bertz CT molecular complexity index is 921. The summed E-state index contributed by atoms with van der Waals surface area (Å²) < 4.78 is 11.1. The Kier molecular flexibility index (Phi) is 3.18. The van der Waals surface area contributed by atoms with Crippen molar-refractivity contribution >= 4 is 39.8 Å². The van der Waals surface area contributed by atoms with E-state index in [1.54, 1.807) is 29.2 Å². The number of furan rings is 1. The molecule has 4 rings (SSSR count). The van der Waals surface area contributed by atoms with Crippen LogP contribution < -0.4 is 5.43 Å². The van der Waals surface area contributed by atoms with E-state index in [9.17, 15) is 9.59 Å². The molecule has 1 aliphatic heterocycles. The van der Waals surface area contributed by atoms with Crippen molar-refractivity contribution in [2.45, 2.75) is 0 Å². The zero-order chi connectivity index (χ0) is 15.1. The molecule has 0 spiro atoms. The van der Waals surface area contributed by atoms with Crippen molar-refractivity contribution in [3.05, 3.63) is 46.3 Å². The molecule has 0 aliphatic carbocycles. The average Bonchev–Trinajstić information content (AvgIpc) is 2.99. The van der Waals surface area contributed by atoms with Crippen molar-refractivity contribution < 1.29 is 13.6 Å². The molecule has 0 radical (unpaired) electrons. The minimum Gasteiger partial charge on any atom is -0.425 e. The zero-order valence-corrected chi connectivity index (χ0v) is 12.5. The van der Waals surface area contributed by atoms with Crippen LogP contribution >= 0.6 is 11.8 Å². The summed E-state index contributed by atoms with van der Waals surface area (Å²) in [6, 6.07) is 8.48. The number of amides is 1. The van der Waals surface area contributed by atoms with Gasteiger partial charge in [0.1, 0.15) is 11.0 Å². The van der Waals surface area contributed by atoms with E-state index in [0.717, 1.165) is 11.5 Å². The molecule has 5 nitrogen and oxygen atoms in total. The Labute approximate surface area is 129 Å². The molecule has 112 valence electrons. The fraction of sp³-hybridized carbons (Fsp3) is 0.250. The Morgan fingerprint density at radius 1 is 1.09 bits per heavy atom. The smallest absolute Gasteiger partial charge is 0.302 e. The maximum atomic E-state index is 12.5. The molecule has 0 saturated carbocycles. The summed E-state index contributed by atoms with van der Waals surface area (Å²) in [7, 11) is 0. The van der Waals surface area contributed by atoms with Crippen LogP contribution in [0.4, 0.5) is 0 Å². The van der Waals surface area contributed by atoms with Crippen LogP contribution in [0.5, 0.6) is 0 Å². The van der Waals surface area contributed by atoms with Gasteiger partial charge in [0.2, 0.25) is 5.43 Å². The van der Waals surface area contributed by atoms with Crippen LogP contribution in [0.15, 0.2) is 44.0 Å². The van der Waals surface area contributed by atoms with E-state index in [4.69, 9.17) is 8.83 Å². The van der Waals surface area contributed by atoms with Gasteiger partial charge in [0.25, 0.3) is 5.91 Å². The topological polar surface area (TPSA) is 63.7 Å². The van der Waals surface area contributed by atoms with Gasteiger partial charge in [-0.15, -0.1) is 0 Å². The number of hydrogen-bond acceptors (Lipinski definition) is 5. The van der Waals surface area contributed by atoms with Gasteiger partial charge in [0.05, 0.1) is 5.39 Å². The Hall–Kier alpha value is -2.21. The number of para-hydroxylation sites is 1. The van der Waals surface area contributed by atoms with Crippen molar-refractivity contribution in [3.63, 3.8) is 0 Å². The number of hydrogen-bond donors (Lipinski definition) is 0. The lowest BCUT2D eigenvalue weighted by Crippen LogP contribution is -2.37. The van der Waals surface area contributed by atoms with Crippen LogP contribution in [0.1, 0.15) is 10.6 Å². The third kappa shape index (κ3) is 2.11. The predicted octanol–water partition coefficient (Wildman–Crippen LogP) is 2.73. The lowest BCUT2D eigenvalue weighted by molar-refractivity contribution is 0.0741. The molecule has 1 aliphatic rings. The normalized spacial score (nSPS) is 15.5. The summed E-state index contributed by atoms with van der Waals surface area (Å²) in [6.45, 7) is 1.40. The molecular formula is C16H13NO4S. The van der Waals surface area contributed by atoms with E-state index in [-0.39, 0.29) is 22.9 Å². The molecule has 0 unspecified atom stereocenters. The second-order valence-electron chi connectivity index (χ2n) is 5.14. The van der Waals surface area contributed by atoms with E-state index >= 15 is 0 Å². The number of rotatable bonds is 1. The maximum Gasteiger partial charge on any atom is 0.302 e. The molecule has 1 fully saturated rings. The first-order valence-corrected chi connectivity index (χ1v) is 8.22. The van der Waals surface area contributed by atoms with Crippen LogP contribution in [-0.2, 0) is 0 Å². The minimum absolute atomic E-state index is 0.110. The van der Waals surface area contributed by atoms with Crippen LogP contribution in [0.2, 0.25) is 0 Å². The standard InChI is InChI=1S/C16H13NO4S/c18-14-10-3-1-2-4-12(10)20-16-11(14)9-13(21-16)15(19)17-5-7-22-8-6-17/h1-4,9H,5-8H2. The van der Waals surface area contributed by atoms with Crippen LogP contribution in [0.25, 0.3) is 22.1 Å². The number of fused-ring (bicyclic) bond motifs is 2. The first-order chi connectivity index (χ1) is 10.7. The Balaban J connectivity index is 1.83. The molecule has 3 heterocycles. The summed E-state index contributed by atoms with van der Waals surface area (Å²) in [4.78, 5) is 26.7. The van der Waals surface area contributed by atoms with Gasteiger partial charge < -0.3 is 13.7 Å². The monoisotopic (exact) mass is 315 g/mol. The third-order valence-electron chi connectivity index (χ3n) is 3.79. The zero-order valence-electron chi connectivity index (χ0n) is 11.7. The average molecular weight is 315 g/mol. The van der Waals surface area contributed by atoms with Crippen molar-refractivity contribution in [2.75, 3.05) is 24.6 Å². The summed E-state index contributed by atoms with van der Waals surface area (Å²) in [5, 5.41) is 0.803. The molecule has 0 N–H and O–H groups in total. The number of benzene rings is 1. The fourth-order valence-corrected chi connectivity index (χ4v) is 3.53. The van der Waals surface area contributed by atoms with Crippen LogP contribution in [0, 0.1) is 0 Å². The summed E-state index contributed by atoms with van der Waals surface area (Å²) >= 11 is 1.83. The lowest BCUT2D eigenvalue weighted by Gasteiger charge is -2.25. The van der Waals surface area contributed by atoms with Gasteiger partial charge in [-0.2, -0.15) is 11.8 Å². The summed E-state index contributed by atoms with van der Waals surface area (Å²) in [6.07, 6.45) is 0. The van der Waals surface area contributed by atoms with E-state index in [1.165, 1.54) is 6.07 Å². The van der Waals surface area contributed by atoms with Crippen molar-refractivity contribution in [1.29, 1.82) is 0 Å². The lowest BCUT2D eigenvalue weighted by atomic mass is 10.2. The molecule has 0 bridgehead atoms. The number of carbonyl (C=O) groups excluding carboxylic acids is 1. The van der Waals surface area contributed by atoms with Gasteiger partial charge in [-0.05, 0) is 12.1 Å². The van der Waals surface area contributed by atoms with E-state index in [1.807, 2.05) is 11.8 Å². The number of thioether (sulfide) groups is 1.